The van der Waals surface area contributed by atoms with Gasteiger partial charge in [-0.25, -0.2) is 4.79 Å². The molecule has 1 unspecified atom stereocenters. The van der Waals surface area contributed by atoms with Gasteiger partial charge in [-0.3, -0.25) is 0 Å². The fraction of sp³-hybridized carbons (Fsp3) is 0.536. The first-order valence-corrected chi connectivity index (χ1v) is 12.8. The van der Waals surface area contributed by atoms with Crippen molar-refractivity contribution in [3.63, 3.8) is 0 Å². The molecule has 188 valence electrons. The summed E-state index contributed by atoms with van der Waals surface area (Å²) in [5.41, 5.74) is 1.71. The summed E-state index contributed by atoms with van der Waals surface area (Å²) in [6.45, 7) is 16.8. The Labute approximate surface area is 208 Å². The summed E-state index contributed by atoms with van der Waals surface area (Å²) in [7, 11) is 0. The van der Waals surface area contributed by atoms with Crippen molar-refractivity contribution in [1.29, 1.82) is 0 Å². The number of esters is 1. The molecule has 1 atom stereocenters. The van der Waals surface area contributed by atoms with Crippen molar-refractivity contribution in [2.75, 3.05) is 19.0 Å². The van der Waals surface area contributed by atoms with Crippen LogP contribution in [0.1, 0.15) is 76.9 Å². The fourth-order valence-corrected chi connectivity index (χ4v) is 4.23. The highest BCUT2D eigenvalue weighted by molar-refractivity contribution is 7.99. The zero-order valence-electron chi connectivity index (χ0n) is 21.8. The molecule has 0 amide bonds. The number of hydrogen-bond acceptors (Lipinski definition) is 6. The molecule has 0 fully saturated rings. The molecule has 6 heteroatoms. The highest BCUT2D eigenvalue weighted by Crippen LogP contribution is 2.41. The van der Waals surface area contributed by atoms with E-state index in [1.165, 1.54) is 11.8 Å². The number of para-hydroxylation sites is 1. The predicted molar refractivity (Wildman–Crippen MR) is 139 cm³/mol. The monoisotopic (exact) mass is 488 g/mol. The number of aromatic hydroxyl groups is 1. The average molecular weight is 489 g/mol. The SMILES string of the molecule is CC(C)COC(=O)c1ccccc1OCC(O)CSc1cc(C(C)(C)C)c(O)c(C(C)(C)C)c1. The van der Waals surface area contributed by atoms with E-state index in [9.17, 15) is 15.0 Å². The Balaban J connectivity index is 2.08. The molecule has 0 spiro atoms. The highest BCUT2D eigenvalue weighted by Gasteiger charge is 2.27. The van der Waals surface area contributed by atoms with E-state index in [0.29, 0.717) is 29.4 Å². The number of carbonyl (C=O) groups excluding carboxylic acids is 1. The Morgan fingerprint density at radius 3 is 2.06 bits per heavy atom. The average Bonchev–Trinajstić information content (AvgIpc) is 2.73. The quantitative estimate of drug-likeness (QED) is 0.317. The summed E-state index contributed by atoms with van der Waals surface area (Å²) in [5.74, 6) is 0.969. The first-order chi connectivity index (χ1) is 15.7. The first kappa shape index (κ1) is 28.1. The smallest absolute Gasteiger partial charge is 0.341 e. The minimum Gasteiger partial charge on any atom is -0.507 e. The molecule has 34 heavy (non-hydrogen) atoms. The van der Waals surface area contributed by atoms with Gasteiger partial charge < -0.3 is 19.7 Å². The topological polar surface area (TPSA) is 76.0 Å². The van der Waals surface area contributed by atoms with Crippen LogP contribution < -0.4 is 4.74 Å². The second kappa shape index (κ2) is 11.5. The van der Waals surface area contributed by atoms with Crippen LogP contribution in [0.15, 0.2) is 41.3 Å². The minimum absolute atomic E-state index is 0.0534. The van der Waals surface area contributed by atoms with E-state index in [2.05, 4.69) is 41.5 Å². The normalized spacial score (nSPS) is 13.1. The number of aliphatic hydroxyl groups excluding tert-OH is 1. The molecule has 0 bridgehead atoms. The number of ether oxygens (including phenoxy) is 2. The van der Waals surface area contributed by atoms with Gasteiger partial charge >= 0.3 is 5.97 Å². The van der Waals surface area contributed by atoms with Gasteiger partial charge in [-0.15, -0.1) is 11.8 Å². The summed E-state index contributed by atoms with van der Waals surface area (Å²) in [6.07, 6.45) is -0.741. The standard InChI is InChI=1S/C28H40O5S/c1-18(2)15-33-26(31)21-11-9-10-12-24(21)32-16-19(29)17-34-20-13-22(27(3,4)5)25(30)23(14-20)28(6,7)8/h9-14,18-19,29-30H,15-17H2,1-8H3. The maximum absolute atomic E-state index is 12.4. The number of phenolic OH excluding ortho intramolecular Hbond substituents is 1. The maximum atomic E-state index is 12.4. The van der Waals surface area contributed by atoms with Gasteiger partial charge in [0.05, 0.1) is 12.7 Å². The van der Waals surface area contributed by atoms with E-state index < -0.39 is 12.1 Å². The van der Waals surface area contributed by atoms with E-state index >= 15 is 0 Å². The Morgan fingerprint density at radius 1 is 0.971 bits per heavy atom. The van der Waals surface area contributed by atoms with E-state index in [1.54, 1.807) is 24.3 Å². The van der Waals surface area contributed by atoms with Gasteiger partial charge in [-0.1, -0.05) is 67.5 Å². The lowest BCUT2D eigenvalue weighted by molar-refractivity contribution is 0.0450. The van der Waals surface area contributed by atoms with E-state index in [1.807, 2.05) is 26.0 Å². The number of carbonyl (C=O) groups is 1. The fourth-order valence-electron chi connectivity index (χ4n) is 3.34. The van der Waals surface area contributed by atoms with Crippen molar-refractivity contribution < 1.29 is 24.5 Å². The zero-order valence-corrected chi connectivity index (χ0v) is 22.6. The Morgan fingerprint density at radius 2 is 1.53 bits per heavy atom. The summed E-state index contributed by atoms with van der Waals surface area (Å²) in [4.78, 5) is 13.4. The van der Waals surface area contributed by atoms with Crippen LogP contribution in [-0.2, 0) is 15.6 Å². The van der Waals surface area contributed by atoms with Gasteiger partial charge in [0.2, 0.25) is 0 Å². The molecule has 5 nitrogen and oxygen atoms in total. The van der Waals surface area contributed by atoms with Gasteiger partial charge in [0.15, 0.2) is 0 Å². The van der Waals surface area contributed by atoms with Crippen molar-refractivity contribution in [2.24, 2.45) is 5.92 Å². The molecule has 0 aromatic heterocycles. The third-order valence-corrected chi connectivity index (χ3v) is 6.35. The van der Waals surface area contributed by atoms with Crippen LogP contribution >= 0.6 is 11.8 Å². The Hall–Kier alpha value is -2.18. The molecule has 2 N–H and O–H groups in total. The first-order valence-electron chi connectivity index (χ1n) is 11.8. The third kappa shape index (κ3) is 7.95. The largest absolute Gasteiger partial charge is 0.507 e. The molecule has 0 radical (unpaired) electrons. The third-order valence-electron chi connectivity index (χ3n) is 5.23. The van der Waals surface area contributed by atoms with E-state index in [0.717, 1.165) is 16.0 Å². The van der Waals surface area contributed by atoms with Crippen molar-refractivity contribution in [3.8, 4) is 11.5 Å². The van der Waals surface area contributed by atoms with Crippen LogP contribution in [-0.4, -0.2) is 41.3 Å². The van der Waals surface area contributed by atoms with Crippen LogP contribution in [0.4, 0.5) is 0 Å². The highest BCUT2D eigenvalue weighted by atomic mass is 32.2. The molecule has 0 heterocycles. The second-order valence-electron chi connectivity index (χ2n) is 11.1. The second-order valence-corrected chi connectivity index (χ2v) is 12.2. The number of phenols is 1. The zero-order chi connectivity index (χ0) is 25.7. The minimum atomic E-state index is -0.741. The van der Waals surface area contributed by atoms with Gasteiger partial charge in [-0.2, -0.15) is 0 Å². The molecule has 0 aliphatic heterocycles. The van der Waals surface area contributed by atoms with Crippen molar-refractivity contribution >= 4 is 17.7 Å². The van der Waals surface area contributed by atoms with Crippen LogP contribution in [0.2, 0.25) is 0 Å². The molecular weight excluding hydrogens is 448 g/mol. The number of hydrogen-bond donors (Lipinski definition) is 2. The summed E-state index contributed by atoms with van der Waals surface area (Å²) < 4.78 is 11.1. The van der Waals surface area contributed by atoms with E-state index in [-0.39, 0.29) is 23.4 Å². The number of rotatable bonds is 9. The Kier molecular flexibility index (Phi) is 9.49. The lowest BCUT2D eigenvalue weighted by Gasteiger charge is -2.28. The molecule has 2 aromatic rings. The van der Waals surface area contributed by atoms with E-state index in [4.69, 9.17) is 9.47 Å². The molecule has 0 aliphatic carbocycles. The summed E-state index contributed by atoms with van der Waals surface area (Å²) >= 11 is 1.52. The van der Waals surface area contributed by atoms with Crippen molar-refractivity contribution in [2.45, 2.75) is 77.2 Å². The lowest BCUT2D eigenvalue weighted by Crippen LogP contribution is -2.21. The van der Waals surface area contributed by atoms with Crippen LogP contribution in [0.5, 0.6) is 11.5 Å². The van der Waals surface area contributed by atoms with Crippen molar-refractivity contribution in [1.82, 2.24) is 0 Å². The lowest BCUT2D eigenvalue weighted by atomic mass is 9.79. The molecule has 2 rings (SSSR count). The molecule has 0 saturated carbocycles. The van der Waals surface area contributed by atoms with Gasteiger partial charge in [0, 0.05) is 21.8 Å². The molecular formula is C28H40O5S. The van der Waals surface area contributed by atoms with Gasteiger partial charge in [0.1, 0.15) is 23.7 Å². The number of benzene rings is 2. The van der Waals surface area contributed by atoms with Crippen molar-refractivity contribution in [3.05, 3.63) is 53.1 Å². The van der Waals surface area contributed by atoms with Gasteiger partial charge in [0.25, 0.3) is 0 Å². The number of aliphatic hydroxyl groups is 1. The molecule has 2 aromatic carbocycles. The summed E-state index contributed by atoms with van der Waals surface area (Å²) in [5, 5.41) is 21.5. The van der Waals surface area contributed by atoms with Crippen LogP contribution in [0, 0.1) is 5.92 Å². The number of thioether (sulfide) groups is 1. The van der Waals surface area contributed by atoms with Crippen LogP contribution in [0.3, 0.4) is 0 Å². The predicted octanol–water partition coefficient (Wildman–Crippen LogP) is 6.33. The summed E-state index contributed by atoms with van der Waals surface area (Å²) in [6, 6.07) is 10.9. The maximum Gasteiger partial charge on any atom is 0.341 e. The van der Waals surface area contributed by atoms with Gasteiger partial charge in [-0.05, 0) is 41.0 Å². The molecule has 0 saturated heterocycles. The molecule has 0 aliphatic rings. The Bertz CT molecular complexity index is 934. The van der Waals surface area contributed by atoms with Crippen LogP contribution in [0.25, 0.3) is 0 Å².